The number of nitrogens with two attached hydrogens (primary N) is 1. The lowest BCUT2D eigenvalue weighted by atomic mass is 10.0. The van der Waals surface area contributed by atoms with Crippen molar-refractivity contribution in [3.05, 3.63) is 42.0 Å². The van der Waals surface area contributed by atoms with Crippen LogP contribution in [0.2, 0.25) is 0 Å². The van der Waals surface area contributed by atoms with E-state index in [9.17, 15) is 4.39 Å². The number of methoxy groups -OCH3 is 1. The fraction of sp³-hybridized carbons (Fsp3) is 0.154. The lowest BCUT2D eigenvalue weighted by Crippen LogP contribution is -1.96. The number of anilines is 1. The minimum absolute atomic E-state index is 0.318. The molecule has 0 fully saturated rings. The van der Waals surface area contributed by atoms with Gasteiger partial charge in [0.05, 0.1) is 19.0 Å². The van der Waals surface area contributed by atoms with E-state index in [0.717, 1.165) is 5.56 Å². The Morgan fingerprint density at radius 3 is 2.71 bits per heavy atom. The second-order valence-electron chi connectivity index (χ2n) is 3.75. The molecule has 0 aliphatic carbocycles. The number of hydrogen-bond donors (Lipinski definition) is 1. The number of aromatic nitrogens is 1. The van der Waals surface area contributed by atoms with Crippen LogP contribution in [0, 0.1) is 12.7 Å². The van der Waals surface area contributed by atoms with E-state index in [-0.39, 0.29) is 5.82 Å². The summed E-state index contributed by atoms with van der Waals surface area (Å²) in [5, 5.41) is 0. The van der Waals surface area contributed by atoms with Crippen LogP contribution in [0.3, 0.4) is 0 Å². The van der Waals surface area contributed by atoms with Crippen LogP contribution in [0.25, 0.3) is 11.1 Å². The second kappa shape index (κ2) is 4.41. The minimum Gasteiger partial charge on any atom is -0.497 e. The number of nitrogens with zero attached hydrogens (tertiary/aromatic N) is 1. The minimum atomic E-state index is -0.318. The molecular weight excluding hydrogens is 219 g/mol. The van der Waals surface area contributed by atoms with Crippen molar-refractivity contribution in [2.24, 2.45) is 0 Å². The maximum atomic E-state index is 13.8. The third-order valence-corrected chi connectivity index (χ3v) is 2.72. The molecule has 0 aliphatic rings. The summed E-state index contributed by atoms with van der Waals surface area (Å²) in [6, 6.07) is 4.59. The van der Waals surface area contributed by atoms with Crippen molar-refractivity contribution < 1.29 is 9.13 Å². The molecule has 0 amide bonds. The Morgan fingerprint density at radius 1 is 1.24 bits per heavy atom. The number of nitrogen functional groups attached to an aromatic ring is 1. The molecule has 0 unspecified atom stereocenters. The van der Waals surface area contributed by atoms with Crippen LogP contribution in [0.15, 0.2) is 30.6 Å². The quantitative estimate of drug-likeness (QED) is 0.866. The van der Waals surface area contributed by atoms with Gasteiger partial charge in [0.1, 0.15) is 11.6 Å². The monoisotopic (exact) mass is 232 g/mol. The Morgan fingerprint density at radius 2 is 2.00 bits per heavy atom. The van der Waals surface area contributed by atoms with Gasteiger partial charge in [0.25, 0.3) is 0 Å². The van der Waals surface area contributed by atoms with Crippen molar-refractivity contribution in [2.75, 3.05) is 12.8 Å². The van der Waals surface area contributed by atoms with E-state index in [1.165, 1.54) is 6.07 Å². The first-order chi connectivity index (χ1) is 8.13. The third-order valence-electron chi connectivity index (χ3n) is 2.72. The summed E-state index contributed by atoms with van der Waals surface area (Å²) < 4.78 is 18.9. The number of ether oxygens (including phenoxy) is 1. The molecule has 2 rings (SSSR count). The van der Waals surface area contributed by atoms with Gasteiger partial charge in [-0.1, -0.05) is 0 Å². The van der Waals surface area contributed by atoms with Gasteiger partial charge in [-0.05, 0) is 30.7 Å². The lowest BCUT2D eigenvalue weighted by molar-refractivity contribution is 0.414. The van der Waals surface area contributed by atoms with Crippen LogP contribution in [0.1, 0.15) is 5.56 Å². The standard InChI is InChI=1S/C13H13FN2O/c1-8-11(6-16-7-13(8)15)10-5-9(17-2)3-4-12(10)14/h3-7H,15H2,1-2H3. The summed E-state index contributed by atoms with van der Waals surface area (Å²) in [6.07, 6.45) is 3.15. The molecule has 0 saturated heterocycles. The molecule has 0 radical (unpaired) electrons. The Hall–Kier alpha value is -2.10. The summed E-state index contributed by atoms with van der Waals surface area (Å²) in [4.78, 5) is 3.99. The van der Waals surface area contributed by atoms with Crippen molar-refractivity contribution in [3.8, 4) is 16.9 Å². The first-order valence-electron chi connectivity index (χ1n) is 5.17. The molecule has 0 saturated carbocycles. The highest BCUT2D eigenvalue weighted by Crippen LogP contribution is 2.30. The van der Waals surface area contributed by atoms with E-state index in [2.05, 4.69) is 4.98 Å². The third kappa shape index (κ3) is 2.06. The van der Waals surface area contributed by atoms with Crippen LogP contribution in [0.4, 0.5) is 10.1 Å². The zero-order valence-corrected chi connectivity index (χ0v) is 9.70. The highest BCUT2D eigenvalue weighted by molar-refractivity contribution is 5.72. The zero-order valence-electron chi connectivity index (χ0n) is 9.70. The molecule has 1 aromatic heterocycles. The number of rotatable bonds is 2. The SMILES string of the molecule is COc1ccc(F)c(-c2cncc(N)c2C)c1. The zero-order chi connectivity index (χ0) is 12.4. The molecule has 3 nitrogen and oxygen atoms in total. The molecule has 4 heteroatoms. The molecule has 88 valence electrons. The fourth-order valence-corrected chi connectivity index (χ4v) is 1.65. The van der Waals surface area contributed by atoms with Crippen molar-refractivity contribution in [2.45, 2.75) is 6.92 Å². The predicted molar refractivity (Wildman–Crippen MR) is 65.3 cm³/mol. The maximum Gasteiger partial charge on any atom is 0.131 e. The van der Waals surface area contributed by atoms with E-state index in [1.807, 2.05) is 6.92 Å². The topological polar surface area (TPSA) is 48.1 Å². The molecule has 1 aromatic carbocycles. The van der Waals surface area contributed by atoms with Crippen molar-refractivity contribution >= 4 is 5.69 Å². The number of hydrogen-bond acceptors (Lipinski definition) is 3. The highest BCUT2D eigenvalue weighted by atomic mass is 19.1. The van der Waals surface area contributed by atoms with Crippen LogP contribution in [-0.2, 0) is 0 Å². The maximum absolute atomic E-state index is 13.8. The summed E-state index contributed by atoms with van der Waals surface area (Å²) in [7, 11) is 1.54. The van der Waals surface area contributed by atoms with Gasteiger partial charge in [0, 0.05) is 17.3 Å². The molecule has 2 N–H and O–H groups in total. The molecule has 0 spiro atoms. The Bertz CT molecular complexity index is 555. The molecule has 1 heterocycles. The summed E-state index contributed by atoms with van der Waals surface area (Å²) in [5.74, 6) is 0.282. The first-order valence-corrected chi connectivity index (χ1v) is 5.17. The molecule has 0 bridgehead atoms. The van der Waals surface area contributed by atoms with Crippen LogP contribution in [0.5, 0.6) is 5.75 Å². The lowest BCUT2D eigenvalue weighted by Gasteiger charge is -2.10. The van der Waals surface area contributed by atoms with Crippen LogP contribution >= 0.6 is 0 Å². The van der Waals surface area contributed by atoms with E-state index in [1.54, 1.807) is 31.6 Å². The normalized spacial score (nSPS) is 10.3. The van der Waals surface area contributed by atoms with E-state index >= 15 is 0 Å². The summed E-state index contributed by atoms with van der Waals surface area (Å²) in [5.41, 5.74) is 8.25. The van der Waals surface area contributed by atoms with Gasteiger partial charge in [-0.3, -0.25) is 4.98 Å². The van der Waals surface area contributed by atoms with E-state index < -0.39 is 0 Å². The first kappa shape index (κ1) is 11.4. The van der Waals surface area contributed by atoms with E-state index in [0.29, 0.717) is 22.6 Å². The summed E-state index contributed by atoms with van der Waals surface area (Å²) >= 11 is 0. The van der Waals surface area contributed by atoms with Gasteiger partial charge in [-0.2, -0.15) is 0 Å². The predicted octanol–water partition coefficient (Wildman–Crippen LogP) is 2.79. The number of benzene rings is 1. The average Bonchev–Trinajstić information content (AvgIpc) is 2.34. The molecule has 0 aliphatic heterocycles. The van der Waals surface area contributed by atoms with Gasteiger partial charge >= 0.3 is 0 Å². The average molecular weight is 232 g/mol. The molecular formula is C13H13FN2O. The largest absolute Gasteiger partial charge is 0.497 e. The summed E-state index contributed by atoms with van der Waals surface area (Å²) in [6.45, 7) is 1.84. The Kier molecular flexibility index (Phi) is 2.95. The smallest absolute Gasteiger partial charge is 0.131 e. The molecule has 0 atom stereocenters. The number of halogens is 1. The van der Waals surface area contributed by atoms with Crippen molar-refractivity contribution in [1.29, 1.82) is 0 Å². The van der Waals surface area contributed by atoms with Crippen LogP contribution in [-0.4, -0.2) is 12.1 Å². The Balaban J connectivity index is 2.63. The van der Waals surface area contributed by atoms with Crippen LogP contribution < -0.4 is 10.5 Å². The second-order valence-corrected chi connectivity index (χ2v) is 3.75. The van der Waals surface area contributed by atoms with E-state index in [4.69, 9.17) is 10.5 Å². The van der Waals surface area contributed by atoms with Crippen molar-refractivity contribution in [1.82, 2.24) is 4.98 Å². The Labute approximate surface area is 99.1 Å². The van der Waals surface area contributed by atoms with Gasteiger partial charge < -0.3 is 10.5 Å². The van der Waals surface area contributed by atoms with Gasteiger partial charge in [-0.25, -0.2) is 4.39 Å². The van der Waals surface area contributed by atoms with Crippen molar-refractivity contribution in [3.63, 3.8) is 0 Å². The number of pyridine rings is 1. The van der Waals surface area contributed by atoms with Gasteiger partial charge in [0.2, 0.25) is 0 Å². The highest BCUT2D eigenvalue weighted by Gasteiger charge is 2.11. The van der Waals surface area contributed by atoms with Gasteiger partial charge in [-0.15, -0.1) is 0 Å². The molecule has 17 heavy (non-hydrogen) atoms. The molecule has 2 aromatic rings. The fourth-order valence-electron chi connectivity index (χ4n) is 1.65. The van der Waals surface area contributed by atoms with Gasteiger partial charge in [0.15, 0.2) is 0 Å².